The van der Waals surface area contributed by atoms with E-state index in [0.717, 1.165) is 16.3 Å². The first-order valence-corrected chi connectivity index (χ1v) is 8.71. The number of aromatic nitrogens is 1. The van der Waals surface area contributed by atoms with Crippen molar-refractivity contribution < 1.29 is 4.79 Å². The average molecular weight is 378 g/mol. The van der Waals surface area contributed by atoms with E-state index in [2.05, 4.69) is 15.6 Å². The lowest BCUT2D eigenvalue weighted by molar-refractivity contribution is 0.262. The number of benzene rings is 2. The van der Waals surface area contributed by atoms with Crippen LogP contribution in [0.2, 0.25) is 10.0 Å². The molecule has 3 aromatic rings. The Bertz CT molecular complexity index is 895. The number of amides is 2. The number of urea groups is 1. The highest BCUT2D eigenvalue weighted by Crippen LogP contribution is 2.29. The third kappa shape index (κ3) is 3.87. The van der Waals surface area contributed by atoms with Gasteiger partial charge in [-0.15, -0.1) is 11.3 Å². The molecule has 4 nitrogen and oxygen atoms in total. The van der Waals surface area contributed by atoms with Gasteiger partial charge in [0.05, 0.1) is 27.1 Å². The number of hydrogen-bond donors (Lipinski definition) is 2. The number of aryl methyl sites for hydroxylation is 1. The molecule has 2 N–H and O–H groups in total. The molecule has 0 radical (unpaired) electrons. The number of carbonyl (C=O) groups excluding carboxylic acids is 1. The molecule has 0 fully saturated rings. The molecule has 7 heteroatoms. The van der Waals surface area contributed by atoms with Crippen molar-refractivity contribution in [2.24, 2.45) is 0 Å². The SMILES string of the molecule is Cc1nc(-c2ccccc2NC(=O)Nc2cc(Cl)ccc2Cl)cs1. The second-order valence-electron chi connectivity index (χ2n) is 5.00. The van der Waals surface area contributed by atoms with E-state index in [1.165, 1.54) is 0 Å². The first kappa shape index (κ1) is 16.8. The highest BCUT2D eigenvalue weighted by atomic mass is 35.5. The van der Waals surface area contributed by atoms with Gasteiger partial charge in [0.1, 0.15) is 0 Å². The molecule has 1 heterocycles. The molecule has 24 heavy (non-hydrogen) atoms. The molecule has 2 amide bonds. The van der Waals surface area contributed by atoms with Crippen molar-refractivity contribution in [3.8, 4) is 11.3 Å². The van der Waals surface area contributed by atoms with E-state index >= 15 is 0 Å². The summed E-state index contributed by atoms with van der Waals surface area (Å²) < 4.78 is 0. The number of carbonyl (C=O) groups is 1. The lowest BCUT2D eigenvalue weighted by Crippen LogP contribution is -2.20. The Hall–Kier alpha value is -2.08. The van der Waals surface area contributed by atoms with E-state index in [0.29, 0.717) is 21.4 Å². The Balaban J connectivity index is 1.81. The van der Waals surface area contributed by atoms with Gasteiger partial charge in [-0.1, -0.05) is 41.4 Å². The maximum Gasteiger partial charge on any atom is 0.323 e. The fraction of sp³-hybridized carbons (Fsp3) is 0.0588. The first-order chi connectivity index (χ1) is 11.5. The third-order valence-electron chi connectivity index (χ3n) is 3.25. The molecule has 0 aliphatic heterocycles. The molecule has 0 spiro atoms. The Morgan fingerprint density at radius 2 is 1.83 bits per heavy atom. The molecule has 3 rings (SSSR count). The fourth-order valence-electron chi connectivity index (χ4n) is 2.17. The van der Waals surface area contributed by atoms with E-state index in [1.54, 1.807) is 29.5 Å². The molecule has 0 atom stereocenters. The van der Waals surface area contributed by atoms with Gasteiger partial charge < -0.3 is 10.6 Å². The normalized spacial score (nSPS) is 10.5. The van der Waals surface area contributed by atoms with Crippen LogP contribution >= 0.6 is 34.5 Å². The zero-order valence-electron chi connectivity index (χ0n) is 12.6. The van der Waals surface area contributed by atoms with Gasteiger partial charge in [0.2, 0.25) is 0 Å². The topological polar surface area (TPSA) is 54.0 Å². The number of nitrogens with one attached hydrogen (secondary N) is 2. The van der Waals surface area contributed by atoms with Gasteiger partial charge in [-0.05, 0) is 31.2 Å². The van der Waals surface area contributed by atoms with Crippen molar-refractivity contribution >= 4 is 51.9 Å². The number of para-hydroxylation sites is 1. The number of hydrogen-bond acceptors (Lipinski definition) is 3. The lowest BCUT2D eigenvalue weighted by atomic mass is 10.1. The van der Waals surface area contributed by atoms with Gasteiger partial charge in [0, 0.05) is 16.0 Å². The summed E-state index contributed by atoms with van der Waals surface area (Å²) in [6, 6.07) is 12.0. The monoisotopic (exact) mass is 377 g/mol. The first-order valence-electron chi connectivity index (χ1n) is 7.07. The molecule has 1 aromatic heterocycles. The van der Waals surface area contributed by atoms with Crippen molar-refractivity contribution in [3.63, 3.8) is 0 Å². The van der Waals surface area contributed by atoms with Crippen LogP contribution in [0.4, 0.5) is 16.2 Å². The number of thiazole rings is 1. The van der Waals surface area contributed by atoms with Crippen molar-refractivity contribution in [1.82, 2.24) is 4.98 Å². The van der Waals surface area contributed by atoms with Crippen LogP contribution in [0.15, 0.2) is 47.8 Å². The molecular weight excluding hydrogens is 365 g/mol. The van der Waals surface area contributed by atoms with Crippen LogP contribution in [0.25, 0.3) is 11.3 Å². The van der Waals surface area contributed by atoms with Crippen LogP contribution in [-0.2, 0) is 0 Å². The quantitative estimate of drug-likeness (QED) is 0.581. The molecular formula is C17H13Cl2N3OS. The zero-order chi connectivity index (χ0) is 17.1. The molecule has 0 unspecified atom stereocenters. The number of anilines is 2. The molecule has 0 aliphatic carbocycles. The van der Waals surface area contributed by atoms with Crippen molar-refractivity contribution in [2.75, 3.05) is 10.6 Å². The average Bonchev–Trinajstić information content (AvgIpc) is 2.98. The van der Waals surface area contributed by atoms with Crippen LogP contribution in [0.5, 0.6) is 0 Å². The van der Waals surface area contributed by atoms with Gasteiger partial charge in [0.25, 0.3) is 0 Å². The minimum Gasteiger partial charge on any atom is -0.307 e. The summed E-state index contributed by atoms with van der Waals surface area (Å²) in [5, 5.41) is 9.36. The second-order valence-corrected chi connectivity index (χ2v) is 6.91. The van der Waals surface area contributed by atoms with Crippen molar-refractivity contribution in [3.05, 3.63) is 62.9 Å². The molecule has 2 aromatic carbocycles. The zero-order valence-corrected chi connectivity index (χ0v) is 15.0. The summed E-state index contributed by atoms with van der Waals surface area (Å²) in [5.74, 6) is 0. The number of halogens is 2. The second kappa shape index (κ2) is 7.21. The van der Waals surface area contributed by atoms with Gasteiger partial charge >= 0.3 is 6.03 Å². The van der Waals surface area contributed by atoms with Crippen molar-refractivity contribution in [1.29, 1.82) is 0 Å². The Kier molecular flexibility index (Phi) is 5.04. The smallest absolute Gasteiger partial charge is 0.307 e. The minimum atomic E-state index is -0.404. The van der Waals surface area contributed by atoms with Crippen LogP contribution in [-0.4, -0.2) is 11.0 Å². The van der Waals surface area contributed by atoms with E-state index in [4.69, 9.17) is 23.2 Å². The summed E-state index contributed by atoms with van der Waals surface area (Å²) in [5.41, 5.74) is 2.80. The van der Waals surface area contributed by atoms with Gasteiger partial charge in [-0.2, -0.15) is 0 Å². The summed E-state index contributed by atoms with van der Waals surface area (Å²) >= 11 is 13.6. The third-order valence-corrected chi connectivity index (χ3v) is 4.59. The van der Waals surface area contributed by atoms with Gasteiger partial charge in [0.15, 0.2) is 0 Å². The van der Waals surface area contributed by atoms with E-state index in [9.17, 15) is 4.79 Å². The van der Waals surface area contributed by atoms with Gasteiger partial charge in [-0.25, -0.2) is 9.78 Å². The summed E-state index contributed by atoms with van der Waals surface area (Å²) in [6.45, 7) is 1.94. The van der Waals surface area contributed by atoms with Crippen LogP contribution in [0.3, 0.4) is 0 Å². The maximum absolute atomic E-state index is 12.3. The van der Waals surface area contributed by atoms with Crippen molar-refractivity contribution in [2.45, 2.75) is 6.92 Å². The van der Waals surface area contributed by atoms with E-state index in [-0.39, 0.29) is 0 Å². The largest absolute Gasteiger partial charge is 0.323 e. The van der Waals surface area contributed by atoms with Crippen LogP contribution < -0.4 is 10.6 Å². The predicted molar refractivity (Wildman–Crippen MR) is 101 cm³/mol. The summed E-state index contributed by atoms with van der Waals surface area (Å²) in [6.07, 6.45) is 0. The maximum atomic E-state index is 12.3. The van der Waals surface area contributed by atoms with Crippen LogP contribution in [0, 0.1) is 6.92 Å². The Morgan fingerprint density at radius 3 is 2.58 bits per heavy atom. The highest BCUT2D eigenvalue weighted by molar-refractivity contribution is 7.09. The minimum absolute atomic E-state index is 0.404. The molecule has 0 saturated heterocycles. The molecule has 122 valence electrons. The predicted octanol–water partition coefficient (Wildman–Crippen LogP) is 6.07. The lowest BCUT2D eigenvalue weighted by Gasteiger charge is -2.12. The van der Waals surface area contributed by atoms with E-state index in [1.807, 2.05) is 36.6 Å². The highest BCUT2D eigenvalue weighted by Gasteiger charge is 2.11. The van der Waals surface area contributed by atoms with Crippen LogP contribution in [0.1, 0.15) is 5.01 Å². The molecule has 0 saturated carbocycles. The fourth-order valence-corrected chi connectivity index (χ4v) is 3.12. The summed E-state index contributed by atoms with van der Waals surface area (Å²) in [7, 11) is 0. The Morgan fingerprint density at radius 1 is 1.08 bits per heavy atom. The summed E-state index contributed by atoms with van der Waals surface area (Å²) in [4.78, 5) is 16.8. The van der Waals surface area contributed by atoms with Gasteiger partial charge in [-0.3, -0.25) is 0 Å². The number of nitrogens with zero attached hydrogens (tertiary/aromatic N) is 1. The van der Waals surface area contributed by atoms with E-state index < -0.39 is 6.03 Å². The Labute approximate surface area is 153 Å². The molecule has 0 bridgehead atoms. The molecule has 0 aliphatic rings. The number of rotatable bonds is 3. The standard InChI is InChI=1S/C17H13Cl2N3OS/c1-10-20-16(9-24-10)12-4-2-3-5-14(12)21-17(23)22-15-8-11(18)6-7-13(15)19/h2-9H,1H3,(H2,21,22,23).